The van der Waals surface area contributed by atoms with Gasteiger partial charge in [-0.25, -0.2) is 0 Å². The maximum absolute atomic E-state index is 13.3. The van der Waals surface area contributed by atoms with Gasteiger partial charge in [-0.1, -0.05) is 30.3 Å². The molecule has 1 aliphatic rings. The van der Waals surface area contributed by atoms with Crippen LogP contribution in [0.2, 0.25) is 0 Å². The number of hydrogen-bond acceptors (Lipinski definition) is 5. The van der Waals surface area contributed by atoms with Crippen LogP contribution in [-0.2, 0) is 0 Å². The molecule has 0 radical (unpaired) electrons. The molecule has 0 aliphatic carbocycles. The quantitative estimate of drug-likeness (QED) is 0.558. The van der Waals surface area contributed by atoms with Crippen molar-refractivity contribution in [3.05, 3.63) is 71.1 Å². The van der Waals surface area contributed by atoms with Crippen LogP contribution in [0.4, 0.5) is 0 Å². The van der Waals surface area contributed by atoms with Crippen molar-refractivity contribution in [1.82, 2.24) is 9.80 Å². The van der Waals surface area contributed by atoms with Crippen molar-refractivity contribution in [3.8, 4) is 21.9 Å². The number of ether oxygens (including phenoxy) is 2. The molecule has 0 spiro atoms. The normalized spacial score (nSPS) is 13.7. The molecule has 7 heteroatoms. The summed E-state index contributed by atoms with van der Waals surface area (Å²) in [7, 11) is 1.60. The predicted molar refractivity (Wildman–Crippen MR) is 126 cm³/mol. The highest BCUT2D eigenvalue weighted by Gasteiger charge is 2.28. The maximum atomic E-state index is 13.3. The first kappa shape index (κ1) is 21.9. The van der Waals surface area contributed by atoms with Gasteiger partial charge in [0.05, 0.1) is 13.7 Å². The number of methoxy groups -OCH3 is 1. The second-order valence-electron chi connectivity index (χ2n) is 7.42. The van der Waals surface area contributed by atoms with E-state index >= 15 is 0 Å². The van der Waals surface area contributed by atoms with Gasteiger partial charge in [0, 0.05) is 36.6 Å². The van der Waals surface area contributed by atoms with Crippen molar-refractivity contribution in [2.24, 2.45) is 0 Å². The lowest BCUT2D eigenvalue weighted by atomic mass is 10.1. The van der Waals surface area contributed by atoms with Crippen molar-refractivity contribution in [2.45, 2.75) is 6.92 Å². The van der Waals surface area contributed by atoms with E-state index in [4.69, 9.17) is 9.47 Å². The van der Waals surface area contributed by atoms with Crippen LogP contribution >= 0.6 is 11.3 Å². The van der Waals surface area contributed by atoms with E-state index in [-0.39, 0.29) is 11.8 Å². The van der Waals surface area contributed by atoms with E-state index in [9.17, 15) is 9.59 Å². The summed E-state index contributed by atoms with van der Waals surface area (Å²) in [6.45, 7) is 4.39. The third-order valence-corrected chi connectivity index (χ3v) is 6.59. The number of piperazine rings is 1. The van der Waals surface area contributed by atoms with Crippen molar-refractivity contribution in [2.75, 3.05) is 39.9 Å². The van der Waals surface area contributed by atoms with Crippen LogP contribution in [0.1, 0.15) is 27.0 Å². The molecule has 0 atom stereocenters. The van der Waals surface area contributed by atoms with Gasteiger partial charge >= 0.3 is 0 Å². The average Bonchev–Trinajstić information content (AvgIpc) is 3.28. The van der Waals surface area contributed by atoms with Gasteiger partial charge < -0.3 is 19.3 Å². The van der Waals surface area contributed by atoms with Crippen LogP contribution in [0, 0.1) is 0 Å². The Balaban J connectivity index is 1.45. The zero-order chi connectivity index (χ0) is 22.5. The first-order chi connectivity index (χ1) is 15.6. The van der Waals surface area contributed by atoms with E-state index in [1.54, 1.807) is 41.2 Å². The molecule has 2 amide bonds. The fourth-order valence-corrected chi connectivity index (χ4v) is 4.78. The molecule has 32 heavy (non-hydrogen) atoms. The van der Waals surface area contributed by atoms with Gasteiger partial charge in [0.15, 0.2) is 0 Å². The van der Waals surface area contributed by atoms with E-state index in [1.165, 1.54) is 11.3 Å². The molecule has 0 N–H and O–H groups in total. The van der Waals surface area contributed by atoms with Gasteiger partial charge in [0.25, 0.3) is 11.8 Å². The highest BCUT2D eigenvalue weighted by atomic mass is 32.1. The molecule has 166 valence electrons. The van der Waals surface area contributed by atoms with E-state index in [0.29, 0.717) is 54.7 Å². The molecular formula is C25H26N2O4S. The fraction of sp³-hybridized carbons (Fsp3) is 0.280. The second-order valence-corrected chi connectivity index (χ2v) is 8.47. The van der Waals surface area contributed by atoms with Crippen LogP contribution in [0.3, 0.4) is 0 Å². The van der Waals surface area contributed by atoms with E-state index in [2.05, 4.69) is 0 Å². The first-order valence-electron chi connectivity index (χ1n) is 10.7. The minimum Gasteiger partial charge on any atom is -0.497 e. The number of amides is 2. The van der Waals surface area contributed by atoms with Crippen LogP contribution in [0.5, 0.6) is 11.5 Å². The minimum absolute atomic E-state index is 0.0303. The summed E-state index contributed by atoms with van der Waals surface area (Å²) >= 11 is 1.45. The molecule has 4 rings (SSSR count). The summed E-state index contributed by atoms with van der Waals surface area (Å²) in [4.78, 5) is 31.3. The number of benzene rings is 2. The average molecular weight is 451 g/mol. The summed E-state index contributed by atoms with van der Waals surface area (Å²) in [6, 6.07) is 19.0. The van der Waals surface area contributed by atoms with Gasteiger partial charge in [-0.05, 0) is 42.8 Å². The lowest BCUT2D eigenvalue weighted by molar-refractivity contribution is 0.0536. The van der Waals surface area contributed by atoms with E-state index in [1.807, 2.05) is 43.3 Å². The third-order valence-electron chi connectivity index (χ3n) is 5.44. The summed E-state index contributed by atoms with van der Waals surface area (Å²) in [5, 5.41) is 0. The monoisotopic (exact) mass is 450 g/mol. The molecular weight excluding hydrogens is 424 g/mol. The Kier molecular flexibility index (Phi) is 6.75. The van der Waals surface area contributed by atoms with Crippen LogP contribution < -0.4 is 9.47 Å². The summed E-state index contributed by atoms with van der Waals surface area (Å²) in [5.41, 5.74) is 1.68. The molecule has 6 nitrogen and oxygen atoms in total. The fourth-order valence-electron chi connectivity index (χ4n) is 3.70. The molecule has 2 heterocycles. The lowest BCUT2D eigenvalue weighted by Gasteiger charge is -2.34. The standard InChI is InChI=1S/C25H26N2O4S/c1-3-31-21-17-22(18-7-5-4-6-8-18)32-23(21)25(29)27-15-13-26(14-16-27)24(28)19-9-11-20(30-2)12-10-19/h4-12,17H,3,13-16H2,1-2H3. The molecule has 0 saturated carbocycles. The molecule has 0 unspecified atom stereocenters. The Labute approximate surface area is 192 Å². The number of hydrogen-bond donors (Lipinski definition) is 0. The summed E-state index contributed by atoms with van der Waals surface area (Å²) in [5.74, 6) is 1.26. The molecule has 1 fully saturated rings. The van der Waals surface area contributed by atoms with Gasteiger partial charge in [-0.15, -0.1) is 11.3 Å². The zero-order valence-electron chi connectivity index (χ0n) is 18.2. The molecule has 1 saturated heterocycles. The predicted octanol–water partition coefficient (Wildman–Crippen LogP) is 4.42. The Morgan fingerprint density at radius 2 is 1.53 bits per heavy atom. The Morgan fingerprint density at radius 3 is 2.12 bits per heavy atom. The smallest absolute Gasteiger partial charge is 0.267 e. The Bertz CT molecular complexity index is 1070. The van der Waals surface area contributed by atoms with Crippen molar-refractivity contribution < 1.29 is 19.1 Å². The number of thiophene rings is 1. The van der Waals surface area contributed by atoms with Gasteiger partial charge in [-0.2, -0.15) is 0 Å². The zero-order valence-corrected chi connectivity index (χ0v) is 19.1. The maximum Gasteiger partial charge on any atom is 0.267 e. The number of rotatable bonds is 6. The van der Waals surface area contributed by atoms with Gasteiger partial charge in [-0.3, -0.25) is 9.59 Å². The van der Waals surface area contributed by atoms with E-state index < -0.39 is 0 Å². The molecule has 1 aromatic heterocycles. The third kappa shape index (κ3) is 4.62. The second kappa shape index (κ2) is 9.87. The van der Waals surface area contributed by atoms with Crippen LogP contribution in [-0.4, -0.2) is 61.5 Å². The number of carbonyl (C=O) groups is 2. The topological polar surface area (TPSA) is 59.1 Å². The van der Waals surface area contributed by atoms with E-state index in [0.717, 1.165) is 10.4 Å². The summed E-state index contributed by atoms with van der Waals surface area (Å²) in [6.07, 6.45) is 0. The molecule has 3 aromatic rings. The molecule has 1 aliphatic heterocycles. The van der Waals surface area contributed by atoms with Crippen molar-refractivity contribution in [1.29, 1.82) is 0 Å². The highest BCUT2D eigenvalue weighted by molar-refractivity contribution is 7.17. The van der Waals surface area contributed by atoms with Gasteiger partial charge in [0.1, 0.15) is 16.4 Å². The van der Waals surface area contributed by atoms with Crippen molar-refractivity contribution in [3.63, 3.8) is 0 Å². The number of carbonyl (C=O) groups excluding carboxylic acids is 2. The lowest BCUT2D eigenvalue weighted by Crippen LogP contribution is -2.50. The minimum atomic E-state index is -0.0443. The highest BCUT2D eigenvalue weighted by Crippen LogP contribution is 2.37. The first-order valence-corrected chi connectivity index (χ1v) is 11.5. The van der Waals surface area contributed by atoms with Gasteiger partial charge in [0.2, 0.25) is 0 Å². The van der Waals surface area contributed by atoms with Crippen LogP contribution in [0.25, 0.3) is 10.4 Å². The largest absolute Gasteiger partial charge is 0.497 e. The number of nitrogens with zero attached hydrogens (tertiary/aromatic N) is 2. The Morgan fingerprint density at radius 1 is 0.906 bits per heavy atom. The Hall–Kier alpha value is -3.32. The molecule has 0 bridgehead atoms. The molecule has 2 aromatic carbocycles. The SMILES string of the molecule is CCOc1cc(-c2ccccc2)sc1C(=O)N1CCN(C(=O)c2ccc(OC)cc2)CC1. The summed E-state index contributed by atoms with van der Waals surface area (Å²) < 4.78 is 10.9. The van der Waals surface area contributed by atoms with Crippen LogP contribution in [0.15, 0.2) is 60.7 Å². The van der Waals surface area contributed by atoms with Crippen molar-refractivity contribution >= 4 is 23.2 Å².